The van der Waals surface area contributed by atoms with E-state index >= 15 is 0 Å². The van der Waals surface area contributed by atoms with Crippen LogP contribution in [0.25, 0.3) is 5.70 Å². The van der Waals surface area contributed by atoms with Crippen molar-refractivity contribution in [3.05, 3.63) is 39.1 Å². The average Bonchev–Trinajstić information content (AvgIpc) is 2.97. The van der Waals surface area contributed by atoms with Crippen LogP contribution in [0.1, 0.15) is 37.8 Å². The summed E-state index contributed by atoms with van der Waals surface area (Å²) in [5, 5.41) is 21.9. The third-order valence-electron chi connectivity index (χ3n) is 4.66. The number of carbonyl (C=O) groups excluding carboxylic acids is 2. The third-order valence-corrected chi connectivity index (χ3v) is 4.66. The van der Waals surface area contributed by atoms with Crippen molar-refractivity contribution in [1.82, 2.24) is 9.96 Å². The molecule has 1 saturated heterocycles. The summed E-state index contributed by atoms with van der Waals surface area (Å²) >= 11 is 0. The minimum absolute atomic E-state index is 0.0684. The Morgan fingerprint density at radius 1 is 1.42 bits per heavy atom. The molecule has 3 rings (SSSR count). The van der Waals surface area contributed by atoms with Gasteiger partial charge in [-0.15, -0.1) is 0 Å². The van der Waals surface area contributed by atoms with Crippen LogP contribution in [0, 0.1) is 17.0 Å². The number of rotatable bonds is 4. The van der Waals surface area contributed by atoms with E-state index in [1.807, 2.05) is 0 Å². The molecule has 0 bridgehead atoms. The lowest BCUT2D eigenvalue weighted by Gasteiger charge is -2.40. The van der Waals surface area contributed by atoms with Gasteiger partial charge in [-0.25, -0.2) is 0 Å². The van der Waals surface area contributed by atoms with Crippen LogP contribution >= 0.6 is 0 Å². The molecule has 138 valence electrons. The number of carbonyl (C=O) groups is 2. The molecule has 26 heavy (non-hydrogen) atoms. The molecule has 2 heterocycles. The lowest BCUT2D eigenvalue weighted by Crippen LogP contribution is -2.45. The highest BCUT2D eigenvalue weighted by Gasteiger charge is 2.44. The van der Waals surface area contributed by atoms with Crippen molar-refractivity contribution in [2.24, 2.45) is 0 Å². The molecule has 0 atom stereocenters. The molecule has 0 saturated carbocycles. The van der Waals surface area contributed by atoms with Gasteiger partial charge >= 0.3 is 0 Å². The maximum Gasteiger partial charge on any atom is 0.273 e. The number of nitrogens with zero attached hydrogens (tertiary/aromatic N) is 3. The zero-order valence-corrected chi connectivity index (χ0v) is 14.7. The van der Waals surface area contributed by atoms with Crippen LogP contribution in [0.4, 0.5) is 5.69 Å². The van der Waals surface area contributed by atoms with Crippen LogP contribution in [0.5, 0.6) is 5.75 Å². The van der Waals surface area contributed by atoms with Crippen LogP contribution in [0.2, 0.25) is 0 Å². The minimum Gasteiger partial charge on any atom is -0.481 e. The van der Waals surface area contributed by atoms with Crippen LogP contribution in [-0.2, 0) is 9.59 Å². The van der Waals surface area contributed by atoms with Crippen molar-refractivity contribution in [3.8, 4) is 5.75 Å². The number of fused-ring (bicyclic) bond motifs is 1. The van der Waals surface area contributed by atoms with E-state index in [0.29, 0.717) is 41.3 Å². The second kappa shape index (κ2) is 6.10. The van der Waals surface area contributed by atoms with E-state index in [-0.39, 0.29) is 29.4 Å². The Kier molecular flexibility index (Phi) is 4.19. The van der Waals surface area contributed by atoms with Crippen LogP contribution < -0.4 is 4.74 Å². The van der Waals surface area contributed by atoms with Gasteiger partial charge in [0.1, 0.15) is 17.0 Å². The zero-order chi connectivity index (χ0) is 19.2. The van der Waals surface area contributed by atoms with E-state index in [0.717, 1.165) is 0 Å². The van der Waals surface area contributed by atoms with Crippen molar-refractivity contribution in [2.45, 2.75) is 39.2 Å². The number of hydrogen-bond acceptors (Lipinski definition) is 6. The molecule has 0 spiro atoms. The fraction of sp³-hybridized carbons (Fsp3) is 0.412. The molecular weight excluding hydrogens is 342 g/mol. The lowest BCUT2D eigenvalue weighted by molar-refractivity contribution is -0.385. The highest BCUT2D eigenvalue weighted by atomic mass is 16.6. The standard InChI is InChI=1S/C17H19N3O6/c1-10-11(20(24)25)6-7-12-14(10)15(18-8-4-5-13(18)22)16(19(23)9-21)17(2,3)26-12/h6-7,9,23H,4-5,8H2,1-3H3. The molecule has 1 fully saturated rings. The maximum absolute atomic E-state index is 12.4. The van der Waals surface area contributed by atoms with Crippen molar-refractivity contribution < 1.29 is 24.5 Å². The number of likely N-dealkylation sites (tertiary alicyclic amines) is 1. The zero-order valence-electron chi connectivity index (χ0n) is 14.7. The summed E-state index contributed by atoms with van der Waals surface area (Å²) in [6.45, 7) is 5.24. The number of hydroxylamine groups is 2. The SMILES string of the molecule is Cc1c([N+](=O)[O-])ccc2c1C(N1CCCC1=O)=C(N(O)C=O)C(C)(C)O2. The lowest BCUT2D eigenvalue weighted by atomic mass is 9.91. The van der Waals surface area contributed by atoms with E-state index in [1.165, 1.54) is 17.0 Å². The molecule has 1 aromatic rings. The molecule has 9 heteroatoms. The summed E-state index contributed by atoms with van der Waals surface area (Å²) < 4.78 is 5.92. The molecule has 1 aromatic carbocycles. The Hall–Kier alpha value is -2.94. The summed E-state index contributed by atoms with van der Waals surface area (Å²) in [7, 11) is 0. The monoisotopic (exact) mass is 361 g/mol. The summed E-state index contributed by atoms with van der Waals surface area (Å²) in [5.41, 5.74) is -0.289. The number of benzene rings is 1. The summed E-state index contributed by atoms with van der Waals surface area (Å²) in [6, 6.07) is 2.82. The first-order valence-electron chi connectivity index (χ1n) is 8.15. The van der Waals surface area contributed by atoms with Gasteiger partial charge in [0.05, 0.1) is 16.2 Å². The summed E-state index contributed by atoms with van der Waals surface area (Å²) in [6.07, 6.45) is 1.15. The van der Waals surface area contributed by atoms with Crippen LogP contribution in [-0.4, -0.2) is 44.6 Å². The third kappa shape index (κ3) is 2.60. The number of nitro benzene ring substituents is 1. The van der Waals surface area contributed by atoms with Crippen LogP contribution in [0.3, 0.4) is 0 Å². The fourth-order valence-electron chi connectivity index (χ4n) is 3.56. The van der Waals surface area contributed by atoms with Crippen LogP contribution in [0.15, 0.2) is 17.8 Å². The van der Waals surface area contributed by atoms with E-state index in [1.54, 1.807) is 20.8 Å². The molecule has 0 aliphatic carbocycles. The average molecular weight is 361 g/mol. The molecule has 0 unspecified atom stereocenters. The first-order valence-corrected chi connectivity index (χ1v) is 8.15. The van der Waals surface area contributed by atoms with E-state index in [4.69, 9.17) is 4.74 Å². The highest BCUT2D eigenvalue weighted by molar-refractivity contribution is 5.93. The Labute approximate surface area is 149 Å². The molecule has 2 aliphatic heterocycles. The van der Waals surface area contributed by atoms with E-state index in [2.05, 4.69) is 0 Å². The normalized spacial score (nSPS) is 18.5. The Morgan fingerprint density at radius 2 is 2.12 bits per heavy atom. The Balaban J connectivity index is 2.39. The predicted octanol–water partition coefficient (Wildman–Crippen LogP) is 2.21. The molecule has 0 aromatic heterocycles. The van der Waals surface area contributed by atoms with Gasteiger partial charge in [-0.05, 0) is 33.3 Å². The van der Waals surface area contributed by atoms with Crippen molar-refractivity contribution >= 4 is 23.7 Å². The number of nitro groups is 1. The molecule has 9 nitrogen and oxygen atoms in total. The summed E-state index contributed by atoms with van der Waals surface area (Å²) in [4.78, 5) is 36.0. The Morgan fingerprint density at radius 3 is 2.65 bits per heavy atom. The fourth-order valence-corrected chi connectivity index (χ4v) is 3.56. The molecule has 2 amide bonds. The van der Waals surface area contributed by atoms with Crippen molar-refractivity contribution in [1.29, 1.82) is 0 Å². The quantitative estimate of drug-likeness (QED) is 0.381. The molecular formula is C17H19N3O6. The smallest absolute Gasteiger partial charge is 0.273 e. The van der Waals surface area contributed by atoms with Gasteiger partial charge in [-0.2, -0.15) is 5.06 Å². The first-order chi connectivity index (χ1) is 12.2. The van der Waals surface area contributed by atoms with Gasteiger partial charge in [-0.3, -0.25) is 24.9 Å². The van der Waals surface area contributed by atoms with Crippen molar-refractivity contribution in [2.75, 3.05) is 6.54 Å². The van der Waals surface area contributed by atoms with Gasteiger partial charge in [0, 0.05) is 24.6 Å². The largest absolute Gasteiger partial charge is 0.481 e. The molecule has 2 aliphatic rings. The van der Waals surface area contributed by atoms with Gasteiger partial charge in [0.2, 0.25) is 12.3 Å². The van der Waals surface area contributed by atoms with Gasteiger partial charge in [0.25, 0.3) is 5.69 Å². The van der Waals surface area contributed by atoms with Gasteiger partial charge in [0.15, 0.2) is 0 Å². The second-order valence-electron chi connectivity index (χ2n) is 6.75. The highest BCUT2D eigenvalue weighted by Crippen LogP contribution is 2.47. The first kappa shape index (κ1) is 17.9. The van der Waals surface area contributed by atoms with Gasteiger partial charge in [-0.1, -0.05) is 0 Å². The predicted molar refractivity (Wildman–Crippen MR) is 90.1 cm³/mol. The second-order valence-corrected chi connectivity index (χ2v) is 6.75. The molecule has 1 N–H and O–H groups in total. The number of ether oxygens (including phenoxy) is 1. The topological polar surface area (TPSA) is 113 Å². The van der Waals surface area contributed by atoms with Crippen molar-refractivity contribution in [3.63, 3.8) is 0 Å². The Bertz CT molecular complexity index is 845. The summed E-state index contributed by atoms with van der Waals surface area (Å²) in [5.74, 6) is 0.183. The van der Waals surface area contributed by atoms with E-state index in [9.17, 15) is 24.9 Å². The maximum atomic E-state index is 12.4. The van der Waals surface area contributed by atoms with Gasteiger partial charge < -0.3 is 9.64 Å². The number of hydrogen-bond donors (Lipinski definition) is 1. The number of amides is 2. The minimum atomic E-state index is -1.14. The molecule has 0 radical (unpaired) electrons. The van der Waals surface area contributed by atoms with E-state index < -0.39 is 10.5 Å².